The summed E-state index contributed by atoms with van der Waals surface area (Å²) >= 11 is 0. The van der Waals surface area contributed by atoms with E-state index in [0.29, 0.717) is 0 Å². The van der Waals surface area contributed by atoms with Crippen LogP contribution >= 0.6 is 0 Å². The lowest BCUT2D eigenvalue weighted by Gasteiger charge is -2.31. The van der Waals surface area contributed by atoms with E-state index in [1.54, 1.807) is 0 Å². The van der Waals surface area contributed by atoms with Gasteiger partial charge >= 0.3 is 0 Å². The maximum absolute atomic E-state index is 5.39. The van der Waals surface area contributed by atoms with E-state index in [-0.39, 0.29) is 0 Å². The summed E-state index contributed by atoms with van der Waals surface area (Å²) in [7, 11) is 0. The Labute approximate surface area is 81.3 Å². The smallest absolute Gasteiger partial charge is 0.0480 e. The molecule has 2 nitrogen and oxygen atoms in total. The number of ether oxygens (including phenoxy) is 1. The van der Waals surface area contributed by atoms with Crippen LogP contribution in [0.25, 0.3) is 0 Å². The molecule has 2 aliphatic rings. The molecule has 2 aliphatic heterocycles. The number of likely N-dealkylation sites (tertiary alicyclic amines) is 1. The van der Waals surface area contributed by atoms with Crippen molar-refractivity contribution >= 4 is 0 Å². The van der Waals surface area contributed by atoms with Crippen molar-refractivity contribution in [2.45, 2.75) is 38.6 Å². The highest BCUT2D eigenvalue weighted by atomic mass is 16.5. The van der Waals surface area contributed by atoms with E-state index in [0.717, 1.165) is 25.2 Å². The Morgan fingerprint density at radius 1 is 1.23 bits per heavy atom. The monoisotopic (exact) mass is 183 g/mol. The minimum Gasteiger partial charge on any atom is -0.381 e. The summed E-state index contributed by atoms with van der Waals surface area (Å²) in [5, 5.41) is 0. The molecule has 0 unspecified atom stereocenters. The second-order valence-electron chi connectivity index (χ2n) is 4.40. The van der Waals surface area contributed by atoms with Crippen LogP contribution in [-0.4, -0.2) is 37.2 Å². The summed E-state index contributed by atoms with van der Waals surface area (Å²) in [5.41, 5.74) is 0. The van der Waals surface area contributed by atoms with Crippen LogP contribution in [0.15, 0.2) is 0 Å². The Kier molecular flexibility index (Phi) is 3.23. The van der Waals surface area contributed by atoms with Gasteiger partial charge in [-0.2, -0.15) is 0 Å². The van der Waals surface area contributed by atoms with Gasteiger partial charge in [0.2, 0.25) is 0 Å². The van der Waals surface area contributed by atoms with Gasteiger partial charge < -0.3 is 4.74 Å². The van der Waals surface area contributed by atoms with Crippen LogP contribution < -0.4 is 0 Å². The molecule has 2 fully saturated rings. The quantitative estimate of drug-likeness (QED) is 0.648. The predicted molar refractivity (Wildman–Crippen MR) is 53.8 cm³/mol. The van der Waals surface area contributed by atoms with Crippen molar-refractivity contribution in [3.05, 3.63) is 0 Å². The van der Waals surface area contributed by atoms with Crippen molar-refractivity contribution in [1.82, 2.24) is 4.90 Å². The molecule has 1 atom stereocenters. The van der Waals surface area contributed by atoms with Crippen molar-refractivity contribution in [3.8, 4) is 0 Å². The van der Waals surface area contributed by atoms with Crippen molar-refractivity contribution in [2.24, 2.45) is 5.92 Å². The van der Waals surface area contributed by atoms with Crippen LogP contribution in [0.1, 0.15) is 32.6 Å². The van der Waals surface area contributed by atoms with Crippen molar-refractivity contribution in [1.29, 1.82) is 0 Å². The minimum absolute atomic E-state index is 0.838. The Balaban J connectivity index is 1.80. The summed E-state index contributed by atoms with van der Waals surface area (Å²) in [6.45, 7) is 6.97. The maximum atomic E-state index is 5.39. The van der Waals surface area contributed by atoms with Gasteiger partial charge in [-0.15, -0.1) is 0 Å². The second-order valence-corrected chi connectivity index (χ2v) is 4.40. The molecule has 0 aliphatic carbocycles. The van der Waals surface area contributed by atoms with E-state index in [2.05, 4.69) is 11.8 Å². The maximum Gasteiger partial charge on any atom is 0.0480 e. The largest absolute Gasteiger partial charge is 0.381 e. The molecule has 2 rings (SSSR count). The Hall–Kier alpha value is -0.0800. The first-order valence-corrected chi connectivity index (χ1v) is 5.72. The SMILES string of the molecule is CC[C@@H]1CCN(C2CCOCC2)C1. The molecule has 0 aromatic carbocycles. The normalized spacial score (nSPS) is 32.5. The molecule has 2 heteroatoms. The summed E-state index contributed by atoms with van der Waals surface area (Å²) in [6.07, 6.45) is 5.31. The fraction of sp³-hybridized carbons (Fsp3) is 1.00. The van der Waals surface area contributed by atoms with Crippen molar-refractivity contribution in [2.75, 3.05) is 26.3 Å². The predicted octanol–water partition coefficient (Wildman–Crippen LogP) is 1.90. The Morgan fingerprint density at radius 3 is 2.62 bits per heavy atom. The number of rotatable bonds is 2. The molecule has 0 N–H and O–H groups in total. The van der Waals surface area contributed by atoms with E-state index in [4.69, 9.17) is 4.74 Å². The number of hydrogen-bond donors (Lipinski definition) is 0. The summed E-state index contributed by atoms with van der Waals surface area (Å²) < 4.78 is 5.39. The van der Waals surface area contributed by atoms with Crippen molar-refractivity contribution < 1.29 is 4.74 Å². The van der Waals surface area contributed by atoms with Gasteiger partial charge in [-0.1, -0.05) is 13.3 Å². The first-order chi connectivity index (χ1) is 6.40. The average molecular weight is 183 g/mol. The summed E-state index contributed by atoms with van der Waals surface area (Å²) in [4.78, 5) is 2.69. The molecular formula is C11H21NO. The first kappa shape index (κ1) is 9.47. The number of hydrogen-bond acceptors (Lipinski definition) is 2. The molecular weight excluding hydrogens is 162 g/mol. The third-order valence-corrected chi connectivity index (χ3v) is 3.60. The van der Waals surface area contributed by atoms with Gasteiger partial charge in [0.15, 0.2) is 0 Å². The van der Waals surface area contributed by atoms with Gasteiger partial charge in [0, 0.05) is 25.8 Å². The van der Waals surface area contributed by atoms with Gasteiger partial charge in [0.25, 0.3) is 0 Å². The molecule has 76 valence electrons. The summed E-state index contributed by atoms with van der Waals surface area (Å²) in [5.74, 6) is 0.975. The van der Waals surface area contributed by atoms with E-state index in [9.17, 15) is 0 Å². The molecule has 2 heterocycles. The second kappa shape index (κ2) is 4.43. The van der Waals surface area contributed by atoms with Crippen LogP contribution in [0.3, 0.4) is 0 Å². The van der Waals surface area contributed by atoms with E-state index in [1.165, 1.54) is 38.8 Å². The highest BCUT2D eigenvalue weighted by Crippen LogP contribution is 2.24. The molecule has 13 heavy (non-hydrogen) atoms. The lowest BCUT2D eigenvalue weighted by atomic mass is 10.1. The third-order valence-electron chi connectivity index (χ3n) is 3.60. The Morgan fingerprint density at radius 2 is 2.00 bits per heavy atom. The van der Waals surface area contributed by atoms with Crippen LogP contribution in [0.5, 0.6) is 0 Å². The van der Waals surface area contributed by atoms with Gasteiger partial charge in [0.05, 0.1) is 0 Å². The zero-order valence-corrected chi connectivity index (χ0v) is 8.67. The molecule has 0 bridgehead atoms. The highest BCUT2D eigenvalue weighted by molar-refractivity contribution is 4.82. The molecule has 0 spiro atoms. The van der Waals surface area contributed by atoms with Crippen LogP contribution in [0.4, 0.5) is 0 Å². The summed E-state index contributed by atoms with van der Waals surface area (Å²) in [6, 6.07) is 0.838. The van der Waals surface area contributed by atoms with Gasteiger partial charge in [0.1, 0.15) is 0 Å². The van der Waals surface area contributed by atoms with E-state index >= 15 is 0 Å². The Bertz CT molecular complexity index is 154. The van der Waals surface area contributed by atoms with Crippen molar-refractivity contribution in [3.63, 3.8) is 0 Å². The molecule has 0 amide bonds. The van der Waals surface area contributed by atoms with Gasteiger partial charge in [-0.3, -0.25) is 4.90 Å². The molecule has 0 radical (unpaired) electrons. The fourth-order valence-electron chi connectivity index (χ4n) is 2.58. The fourth-order valence-corrected chi connectivity index (χ4v) is 2.58. The lowest BCUT2D eigenvalue weighted by molar-refractivity contribution is 0.0411. The molecule has 0 saturated carbocycles. The van der Waals surface area contributed by atoms with Crippen LogP contribution in [0, 0.1) is 5.92 Å². The van der Waals surface area contributed by atoms with E-state index < -0.39 is 0 Å². The average Bonchev–Trinajstić information content (AvgIpc) is 2.67. The van der Waals surface area contributed by atoms with E-state index in [1.807, 2.05) is 0 Å². The highest BCUT2D eigenvalue weighted by Gasteiger charge is 2.28. The number of nitrogens with zero attached hydrogens (tertiary/aromatic N) is 1. The topological polar surface area (TPSA) is 12.5 Å². The lowest BCUT2D eigenvalue weighted by Crippen LogP contribution is -2.37. The molecule has 0 aromatic heterocycles. The van der Waals surface area contributed by atoms with Gasteiger partial charge in [-0.05, 0) is 31.7 Å². The van der Waals surface area contributed by atoms with Crippen LogP contribution in [0.2, 0.25) is 0 Å². The minimum atomic E-state index is 0.838. The first-order valence-electron chi connectivity index (χ1n) is 5.72. The third kappa shape index (κ3) is 2.23. The zero-order chi connectivity index (χ0) is 9.10. The molecule has 2 saturated heterocycles. The van der Waals surface area contributed by atoms with Crippen LogP contribution in [-0.2, 0) is 4.74 Å². The molecule has 0 aromatic rings. The zero-order valence-electron chi connectivity index (χ0n) is 8.67. The standard InChI is InChI=1S/C11H21NO/c1-2-10-3-6-12(9-10)11-4-7-13-8-5-11/h10-11H,2-9H2,1H3/t10-/m1/s1. The van der Waals surface area contributed by atoms with Gasteiger partial charge in [-0.25, -0.2) is 0 Å².